The molecule has 0 aliphatic carbocycles. The topological polar surface area (TPSA) is 84.5 Å². The van der Waals surface area contributed by atoms with Crippen molar-refractivity contribution in [3.05, 3.63) is 71.8 Å². The van der Waals surface area contributed by atoms with Crippen LogP contribution >= 0.6 is 0 Å². The highest BCUT2D eigenvalue weighted by atomic mass is 16.5. The molecule has 2 aromatic rings. The van der Waals surface area contributed by atoms with Crippen LogP contribution in [0.1, 0.15) is 25.0 Å². The first-order valence-corrected chi connectivity index (χ1v) is 8.75. The van der Waals surface area contributed by atoms with E-state index in [1.54, 1.807) is 0 Å². The Bertz CT molecular complexity index is 762. The minimum absolute atomic E-state index is 0.301. The van der Waals surface area contributed by atoms with Crippen LogP contribution in [0, 0.1) is 0 Å². The Kier molecular flexibility index (Phi) is 7.55. The molecule has 0 unspecified atom stereocenters. The highest BCUT2D eigenvalue weighted by Gasteiger charge is 2.32. The molecular weight excluding hydrogens is 344 g/mol. The number of esters is 1. The fraction of sp³-hybridized carbons (Fsp3) is 0.286. The average Bonchev–Trinajstić information content (AvgIpc) is 2.65. The summed E-state index contributed by atoms with van der Waals surface area (Å²) in [5, 5.41) is 5.51. The Hall–Kier alpha value is -3.15. The molecular formula is C21H24N2O4. The molecule has 0 heterocycles. The van der Waals surface area contributed by atoms with Gasteiger partial charge in [0.1, 0.15) is 0 Å². The van der Waals surface area contributed by atoms with Crippen molar-refractivity contribution < 1.29 is 19.1 Å². The van der Waals surface area contributed by atoms with E-state index in [0.717, 1.165) is 11.1 Å². The lowest BCUT2D eigenvalue weighted by Gasteiger charge is -2.26. The van der Waals surface area contributed by atoms with E-state index in [9.17, 15) is 14.4 Å². The summed E-state index contributed by atoms with van der Waals surface area (Å²) < 4.78 is 5.27. The highest BCUT2D eigenvalue weighted by Crippen LogP contribution is 2.11. The molecule has 0 radical (unpaired) electrons. The summed E-state index contributed by atoms with van der Waals surface area (Å²) >= 11 is 0. The van der Waals surface area contributed by atoms with Gasteiger partial charge in [-0.05, 0) is 17.5 Å². The Morgan fingerprint density at radius 3 is 1.96 bits per heavy atom. The maximum Gasteiger partial charge on any atom is 0.303 e. The summed E-state index contributed by atoms with van der Waals surface area (Å²) in [5.41, 5.74) is 1.84. The Morgan fingerprint density at radius 1 is 0.889 bits per heavy atom. The van der Waals surface area contributed by atoms with Gasteiger partial charge in [0.25, 0.3) is 5.91 Å². The number of benzene rings is 2. The van der Waals surface area contributed by atoms with Gasteiger partial charge in [0.2, 0.25) is 5.91 Å². The number of hydrogen-bond donors (Lipinski definition) is 2. The van der Waals surface area contributed by atoms with Crippen molar-refractivity contribution in [2.45, 2.75) is 39.0 Å². The predicted molar refractivity (Wildman–Crippen MR) is 102 cm³/mol. The van der Waals surface area contributed by atoms with Crippen LogP contribution < -0.4 is 10.6 Å². The first kappa shape index (κ1) is 20.2. The second-order valence-corrected chi connectivity index (χ2v) is 6.23. The molecule has 2 aromatic carbocycles. The van der Waals surface area contributed by atoms with Gasteiger partial charge < -0.3 is 15.4 Å². The standard InChI is InChI=1S/C21H24N2O4/c1-15(24)23-19(13-17-9-5-3-6-10-17)20(27-16(2)25)21(26)22-14-18-11-7-4-8-12-18/h3-12,19-20H,13-14H2,1-2H3,(H,22,26)(H,23,24)/t19-,20+/m0/s1. The summed E-state index contributed by atoms with van der Waals surface area (Å²) in [7, 11) is 0. The molecule has 0 aromatic heterocycles. The van der Waals surface area contributed by atoms with E-state index in [1.807, 2.05) is 60.7 Å². The van der Waals surface area contributed by atoms with Crippen molar-refractivity contribution in [1.82, 2.24) is 10.6 Å². The van der Waals surface area contributed by atoms with Crippen LogP contribution in [0.2, 0.25) is 0 Å². The maximum absolute atomic E-state index is 12.7. The summed E-state index contributed by atoms with van der Waals surface area (Å²) in [5.74, 6) is -1.34. The Labute approximate surface area is 158 Å². The fourth-order valence-electron chi connectivity index (χ4n) is 2.75. The second kappa shape index (κ2) is 10.1. The number of carbonyl (C=O) groups is 3. The van der Waals surface area contributed by atoms with Gasteiger partial charge in [-0.3, -0.25) is 14.4 Å². The number of hydrogen-bond acceptors (Lipinski definition) is 4. The van der Waals surface area contributed by atoms with Gasteiger partial charge in [-0.25, -0.2) is 0 Å². The summed E-state index contributed by atoms with van der Waals surface area (Å²) in [4.78, 5) is 35.9. The normalized spacial score (nSPS) is 12.5. The van der Waals surface area contributed by atoms with Crippen LogP contribution in [0.15, 0.2) is 60.7 Å². The van der Waals surface area contributed by atoms with Gasteiger partial charge >= 0.3 is 5.97 Å². The lowest BCUT2D eigenvalue weighted by Crippen LogP contribution is -2.53. The molecule has 0 saturated carbocycles. The van der Waals surface area contributed by atoms with Crippen molar-refractivity contribution in [3.8, 4) is 0 Å². The van der Waals surface area contributed by atoms with E-state index < -0.39 is 24.0 Å². The van der Waals surface area contributed by atoms with E-state index in [1.165, 1.54) is 13.8 Å². The van der Waals surface area contributed by atoms with Gasteiger partial charge in [-0.15, -0.1) is 0 Å². The van der Waals surface area contributed by atoms with Crippen molar-refractivity contribution >= 4 is 17.8 Å². The molecule has 2 atom stereocenters. The zero-order chi connectivity index (χ0) is 19.6. The minimum atomic E-state index is -1.13. The Morgan fingerprint density at radius 2 is 1.44 bits per heavy atom. The van der Waals surface area contributed by atoms with Crippen molar-refractivity contribution in [2.75, 3.05) is 0 Å². The Balaban J connectivity index is 2.16. The van der Waals surface area contributed by atoms with Crippen molar-refractivity contribution in [3.63, 3.8) is 0 Å². The van der Waals surface area contributed by atoms with Gasteiger partial charge in [0, 0.05) is 20.4 Å². The monoisotopic (exact) mass is 368 g/mol. The van der Waals surface area contributed by atoms with E-state index >= 15 is 0 Å². The molecule has 0 fully saturated rings. The third-order valence-electron chi connectivity index (χ3n) is 3.91. The molecule has 6 nitrogen and oxygen atoms in total. The second-order valence-electron chi connectivity index (χ2n) is 6.23. The smallest absolute Gasteiger partial charge is 0.303 e. The summed E-state index contributed by atoms with van der Waals surface area (Å²) in [6.07, 6.45) is -0.771. The zero-order valence-electron chi connectivity index (χ0n) is 15.5. The third-order valence-corrected chi connectivity index (χ3v) is 3.91. The molecule has 2 rings (SSSR count). The first-order chi connectivity index (χ1) is 13.0. The number of rotatable bonds is 8. The van der Waals surface area contributed by atoms with E-state index in [2.05, 4.69) is 10.6 Å². The molecule has 0 spiro atoms. The van der Waals surface area contributed by atoms with Gasteiger partial charge in [-0.1, -0.05) is 60.7 Å². The molecule has 2 amide bonds. The molecule has 0 aliphatic heterocycles. The average molecular weight is 368 g/mol. The van der Waals surface area contributed by atoms with Gasteiger partial charge in [0.05, 0.1) is 6.04 Å². The summed E-state index contributed by atoms with van der Waals surface area (Å²) in [6, 6.07) is 18.1. The lowest BCUT2D eigenvalue weighted by atomic mass is 10.00. The lowest BCUT2D eigenvalue weighted by molar-refractivity contribution is -0.156. The molecule has 0 bridgehead atoms. The van der Waals surface area contributed by atoms with Crippen LogP contribution in [0.3, 0.4) is 0 Å². The van der Waals surface area contributed by atoms with Crippen LogP contribution in [-0.2, 0) is 32.1 Å². The van der Waals surface area contributed by atoms with Crippen LogP contribution in [0.4, 0.5) is 0 Å². The molecule has 6 heteroatoms. The molecule has 2 N–H and O–H groups in total. The van der Waals surface area contributed by atoms with Crippen molar-refractivity contribution in [1.29, 1.82) is 0 Å². The van der Waals surface area contributed by atoms with Gasteiger partial charge in [0.15, 0.2) is 6.10 Å². The largest absolute Gasteiger partial charge is 0.450 e. The SMILES string of the molecule is CC(=O)N[C@@H](Cc1ccccc1)[C@@H](OC(C)=O)C(=O)NCc1ccccc1. The van der Waals surface area contributed by atoms with Crippen molar-refractivity contribution in [2.24, 2.45) is 0 Å². The molecule has 142 valence electrons. The molecule has 0 aliphatic rings. The predicted octanol–water partition coefficient (Wildman–Crippen LogP) is 1.98. The van der Waals surface area contributed by atoms with Crippen LogP contribution in [0.25, 0.3) is 0 Å². The van der Waals surface area contributed by atoms with E-state index in [4.69, 9.17) is 4.74 Å². The zero-order valence-corrected chi connectivity index (χ0v) is 15.5. The van der Waals surface area contributed by atoms with Gasteiger partial charge in [-0.2, -0.15) is 0 Å². The number of carbonyl (C=O) groups excluding carboxylic acids is 3. The molecule has 0 saturated heterocycles. The number of nitrogens with one attached hydrogen (secondary N) is 2. The molecule has 27 heavy (non-hydrogen) atoms. The highest BCUT2D eigenvalue weighted by molar-refractivity contribution is 5.85. The first-order valence-electron chi connectivity index (χ1n) is 8.75. The summed E-state index contributed by atoms with van der Waals surface area (Å²) in [6.45, 7) is 2.91. The number of amides is 2. The number of ether oxygens (including phenoxy) is 1. The van der Waals surface area contributed by atoms with Crippen LogP contribution in [-0.4, -0.2) is 29.9 Å². The minimum Gasteiger partial charge on any atom is -0.450 e. The third kappa shape index (κ3) is 6.93. The fourth-order valence-corrected chi connectivity index (χ4v) is 2.75. The maximum atomic E-state index is 12.7. The van der Waals surface area contributed by atoms with E-state index in [-0.39, 0.29) is 5.91 Å². The van der Waals surface area contributed by atoms with Crippen LogP contribution in [0.5, 0.6) is 0 Å². The quantitative estimate of drug-likeness (QED) is 0.698. The van der Waals surface area contributed by atoms with E-state index in [0.29, 0.717) is 13.0 Å².